The van der Waals surface area contributed by atoms with E-state index in [1.807, 2.05) is 6.92 Å². The van der Waals surface area contributed by atoms with Gasteiger partial charge in [0.05, 0.1) is 12.5 Å². The summed E-state index contributed by atoms with van der Waals surface area (Å²) in [7, 11) is 0. The first-order chi connectivity index (χ1) is 3.60. The van der Waals surface area contributed by atoms with Crippen LogP contribution in [0.25, 0.3) is 0 Å². The van der Waals surface area contributed by atoms with Crippen molar-refractivity contribution in [3.8, 4) is 0 Å². The number of quaternary nitrogens is 1. The molecule has 1 heterocycles. The molecule has 1 nitrogen and oxygen atoms in total. The molecule has 1 aliphatic rings. The van der Waals surface area contributed by atoms with Crippen molar-refractivity contribution in [3.05, 3.63) is 0 Å². The molecule has 0 saturated carbocycles. The van der Waals surface area contributed by atoms with Gasteiger partial charge >= 0.3 is 5.92 Å². The fourth-order valence-corrected chi connectivity index (χ4v) is 1.01. The molecule has 0 spiro atoms. The summed E-state index contributed by atoms with van der Waals surface area (Å²) in [5, 5.41) is 1.68. The van der Waals surface area contributed by atoms with E-state index in [9.17, 15) is 8.78 Å². The third-order valence-corrected chi connectivity index (χ3v) is 1.44. The average molecular weight is 122 g/mol. The van der Waals surface area contributed by atoms with Crippen molar-refractivity contribution in [2.24, 2.45) is 0 Å². The molecule has 1 saturated heterocycles. The predicted molar refractivity (Wildman–Crippen MR) is 25.8 cm³/mol. The summed E-state index contributed by atoms with van der Waals surface area (Å²) in [5.41, 5.74) is 0. The van der Waals surface area contributed by atoms with Gasteiger partial charge in [0.15, 0.2) is 0 Å². The zero-order valence-electron chi connectivity index (χ0n) is 4.82. The fraction of sp³-hybridized carbons (Fsp3) is 1.00. The van der Waals surface area contributed by atoms with Crippen LogP contribution in [0.5, 0.6) is 0 Å². The summed E-state index contributed by atoms with van der Waals surface area (Å²) >= 11 is 0. The zero-order chi connectivity index (χ0) is 6.20. The molecule has 1 unspecified atom stereocenters. The minimum absolute atomic E-state index is 0.0197. The van der Waals surface area contributed by atoms with Gasteiger partial charge in [0.1, 0.15) is 6.54 Å². The van der Waals surface area contributed by atoms with Crippen molar-refractivity contribution < 1.29 is 14.1 Å². The molecule has 1 aliphatic heterocycles. The lowest BCUT2D eigenvalue weighted by molar-refractivity contribution is -0.672. The van der Waals surface area contributed by atoms with Crippen LogP contribution >= 0.6 is 0 Å². The molecule has 0 bridgehead atoms. The maximum absolute atomic E-state index is 12.2. The van der Waals surface area contributed by atoms with E-state index in [0.717, 1.165) is 0 Å². The molecule has 0 amide bonds. The Morgan fingerprint density at radius 2 is 2.25 bits per heavy atom. The van der Waals surface area contributed by atoms with Gasteiger partial charge in [-0.3, -0.25) is 0 Å². The molecule has 0 aliphatic carbocycles. The second kappa shape index (κ2) is 1.65. The number of hydrogen-bond donors (Lipinski definition) is 1. The zero-order valence-corrected chi connectivity index (χ0v) is 4.82. The first kappa shape index (κ1) is 5.95. The van der Waals surface area contributed by atoms with Crippen molar-refractivity contribution in [2.75, 3.05) is 6.54 Å². The van der Waals surface area contributed by atoms with Crippen LogP contribution in [0.4, 0.5) is 8.78 Å². The number of halogens is 2. The van der Waals surface area contributed by atoms with Gasteiger partial charge in [-0.05, 0) is 6.92 Å². The van der Waals surface area contributed by atoms with Gasteiger partial charge in [0.25, 0.3) is 0 Å². The summed E-state index contributed by atoms with van der Waals surface area (Å²) in [6.45, 7) is 1.80. The third-order valence-electron chi connectivity index (χ3n) is 1.44. The van der Waals surface area contributed by atoms with Crippen LogP contribution < -0.4 is 5.32 Å². The summed E-state index contributed by atoms with van der Waals surface area (Å²) in [6, 6.07) is 0.116. The average Bonchev–Trinajstić information content (AvgIpc) is 1.82. The largest absolute Gasteiger partial charge is 0.339 e. The second-order valence-electron chi connectivity index (χ2n) is 2.48. The molecule has 0 aromatic heterocycles. The van der Waals surface area contributed by atoms with Gasteiger partial charge in [-0.25, -0.2) is 8.78 Å². The van der Waals surface area contributed by atoms with E-state index in [2.05, 4.69) is 0 Å². The van der Waals surface area contributed by atoms with E-state index in [0.29, 0.717) is 0 Å². The highest BCUT2D eigenvalue weighted by molar-refractivity contribution is 4.71. The number of rotatable bonds is 0. The molecule has 8 heavy (non-hydrogen) atoms. The van der Waals surface area contributed by atoms with Gasteiger partial charge in [-0.15, -0.1) is 0 Å². The van der Waals surface area contributed by atoms with E-state index in [-0.39, 0.29) is 19.0 Å². The van der Waals surface area contributed by atoms with Gasteiger partial charge in [-0.1, -0.05) is 0 Å². The topological polar surface area (TPSA) is 16.6 Å². The minimum atomic E-state index is -2.39. The normalized spacial score (nSPS) is 35.6. The van der Waals surface area contributed by atoms with E-state index >= 15 is 0 Å². The second-order valence-corrected chi connectivity index (χ2v) is 2.48. The summed E-state index contributed by atoms with van der Waals surface area (Å²) in [6.07, 6.45) is 0.0486. The highest BCUT2D eigenvalue weighted by Gasteiger charge is 2.40. The Hall–Kier alpha value is -0.180. The van der Waals surface area contributed by atoms with Crippen molar-refractivity contribution in [2.45, 2.75) is 25.3 Å². The predicted octanol–water partition coefficient (Wildman–Crippen LogP) is -0.0227. The Kier molecular flexibility index (Phi) is 1.23. The summed E-state index contributed by atoms with van der Waals surface area (Å²) in [5.74, 6) is -2.39. The van der Waals surface area contributed by atoms with E-state index in [4.69, 9.17) is 0 Å². The van der Waals surface area contributed by atoms with Gasteiger partial charge < -0.3 is 5.32 Å². The van der Waals surface area contributed by atoms with Gasteiger partial charge in [0, 0.05) is 0 Å². The van der Waals surface area contributed by atoms with Crippen molar-refractivity contribution in [1.29, 1.82) is 0 Å². The molecular weight excluding hydrogens is 112 g/mol. The third kappa shape index (κ3) is 1.15. The summed E-state index contributed by atoms with van der Waals surface area (Å²) < 4.78 is 24.3. The van der Waals surface area contributed by atoms with Crippen molar-refractivity contribution in [3.63, 3.8) is 0 Å². The first-order valence-electron chi connectivity index (χ1n) is 2.81. The lowest BCUT2D eigenvalue weighted by Gasteiger charge is -1.99. The number of alkyl halides is 2. The summed E-state index contributed by atoms with van der Waals surface area (Å²) in [4.78, 5) is 0. The first-order valence-corrected chi connectivity index (χ1v) is 2.81. The SMILES string of the molecule is CC1CC(F)(F)C[NH2+]1. The van der Waals surface area contributed by atoms with E-state index < -0.39 is 5.92 Å². The van der Waals surface area contributed by atoms with Crippen LogP contribution in [0.3, 0.4) is 0 Å². The molecule has 0 aromatic rings. The number of nitrogens with two attached hydrogens (primary N) is 1. The van der Waals surface area contributed by atoms with Crippen LogP contribution in [0, 0.1) is 0 Å². The standard InChI is InChI=1S/C5H9F2N/c1-4-2-5(6,7)3-8-4/h4,8H,2-3H2,1H3/p+1. The lowest BCUT2D eigenvalue weighted by atomic mass is 10.2. The Labute approximate surface area is 47.1 Å². The fourth-order valence-electron chi connectivity index (χ4n) is 1.01. The molecular formula is C5H10F2N+. The van der Waals surface area contributed by atoms with Crippen LogP contribution in [0.15, 0.2) is 0 Å². The lowest BCUT2D eigenvalue weighted by Crippen LogP contribution is -2.86. The molecule has 2 N–H and O–H groups in total. The van der Waals surface area contributed by atoms with E-state index in [1.54, 1.807) is 5.32 Å². The molecule has 3 heteroatoms. The Morgan fingerprint density at radius 1 is 1.62 bits per heavy atom. The van der Waals surface area contributed by atoms with Gasteiger partial charge in [-0.2, -0.15) is 0 Å². The van der Waals surface area contributed by atoms with Gasteiger partial charge in [0.2, 0.25) is 0 Å². The van der Waals surface area contributed by atoms with Crippen LogP contribution in [0.2, 0.25) is 0 Å². The smallest absolute Gasteiger partial charge is 0.301 e. The maximum Gasteiger partial charge on any atom is 0.301 e. The van der Waals surface area contributed by atoms with Crippen molar-refractivity contribution in [1.82, 2.24) is 0 Å². The van der Waals surface area contributed by atoms with Crippen LogP contribution in [-0.4, -0.2) is 18.5 Å². The molecule has 0 radical (unpaired) electrons. The Morgan fingerprint density at radius 3 is 2.38 bits per heavy atom. The van der Waals surface area contributed by atoms with Crippen LogP contribution in [-0.2, 0) is 0 Å². The van der Waals surface area contributed by atoms with Crippen LogP contribution in [0.1, 0.15) is 13.3 Å². The van der Waals surface area contributed by atoms with E-state index in [1.165, 1.54) is 0 Å². The number of hydrogen-bond acceptors (Lipinski definition) is 0. The molecule has 0 aromatic carbocycles. The quantitative estimate of drug-likeness (QED) is 0.465. The molecule has 1 atom stereocenters. The molecule has 1 rings (SSSR count). The highest BCUT2D eigenvalue weighted by atomic mass is 19.3. The monoisotopic (exact) mass is 122 g/mol. The molecule has 48 valence electrons. The van der Waals surface area contributed by atoms with Crippen molar-refractivity contribution >= 4 is 0 Å². The Bertz CT molecular complexity index is 92.4. The maximum atomic E-state index is 12.2. The minimum Gasteiger partial charge on any atom is -0.339 e. The highest BCUT2D eigenvalue weighted by Crippen LogP contribution is 2.19. The molecule has 1 fully saturated rings. The Balaban J connectivity index is 2.44.